The molecule has 1 aliphatic rings. The summed E-state index contributed by atoms with van der Waals surface area (Å²) in [4.78, 5) is 0. The summed E-state index contributed by atoms with van der Waals surface area (Å²) in [5.74, 6) is 2.32. The fourth-order valence-corrected chi connectivity index (χ4v) is 2.65. The average Bonchev–Trinajstić information content (AvgIpc) is 2.79. The molecule has 0 amide bonds. The molecule has 0 saturated carbocycles. The van der Waals surface area contributed by atoms with Crippen molar-refractivity contribution in [2.75, 3.05) is 21.3 Å². The van der Waals surface area contributed by atoms with Crippen LogP contribution in [0.2, 0.25) is 0 Å². The van der Waals surface area contributed by atoms with Gasteiger partial charge in [0, 0.05) is 12.0 Å². The number of methoxy groups -OCH3 is 3. The van der Waals surface area contributed by atoms with Gasteiger partial charge in [0.2, 0.25) is 5.75 Å². The first kappa shape index (κ1) is 12.6. The molecule has 1 aromatic rings. The van der Waals surface area contributed by atoms with Crippen LogP contribution in [-0.4, -0.2) is 21.3 Å². The van der Waals surface area contributed by atoms with Gasteiger partial charge in [-0.1, -0.05) is 0 Å². The zero-order valence-electron chi connectivity index (χ0n) is 10.9. The molecule has 0 heterocycles. The highest BCUT2D eigenvalue weighted by molar-refractivity contribution is 5.61. The van der Waals surface area contributed by atoms with Crippen molar-refractivity contribution in [1.82, 2.24) is 0 Å². The summed E-state index contributed by atoms with van der Waals surface area (Å²) < 4.78 is 16.2. The van der Waals surface area contributed by atoms with Gasteiger partial charge in [0.05, 0.1) is 27.4 Å². The maximum Gasteiger partial charge on any atom is 0.203 e. The lowest BCUT2D eigenvalue weighted by atomic mass is 9.97. The summed E-state index contributed by atoms with van der Waals surface area (Å²) in [6, 6.07) is 4.22. The van der Waals surface area contributed by atoms with Crippen molar-refractivity contribution in [3.63, 3.8) is 0 Å². The molecule has 0 saturated heterocycles. The van der Waals surface area contributed by atoms with Gasteiger partial charge in [0.25, 0.3) is 0 Å². The van der Waals surface area contributed by atoms with E-state index in [1.54, 1.807) is 21.3 Å². The first-order valence-corrected chi connectivity index (χ1v) is 5.95. The van der Waals surface area contributed by atoms with Gasteiger partial charge in [0.15, 0.2) is 11.5 Å². The molecule has 0 N–H and O–H groups in total. The monoisotopic (exact) mass is 247 g/mol. The fraction of sp³-hybridized carbons (Fsp3) is 0.500. The Kier molecular flexibility index (Phi) is 3.61. The quantitative estimate of drug-likeness (QED) is 0.820. The van der Waals surface area contributed by atoms with Gasteiger partial charge in [0.1, 0.15) is 0 Å². The molecule has 1 aromatic carbocycles. The van der Waals surface area contributed by atoms with Crippen LogP contribution >= 0.6 is 0 Å². The molecule has 1 atom stereocenters. The molecule has 0 aromatic heterocycles. The minimum Gasteiger partial charge on any atom is -0.493 e. The number of nitrogens with zero attached hydrogens (tertiary/aromatic N) is 1. The first-order valence-electron chi connectivity index (χ1n) is 5.95. The standard InChI is InChI=1S/C14H17NO3/c1-16-12-8-11-9(6-7-15)4-5-10(11)13(17-2)14(12)18-3/h8-9H,4-6H2,1-3H3/t9-/m1/s1. The Labute approximate surface area is 107 Å². The van der Waals surface area contributed by atoms with Gasteiger partial charge in [-0.15, -0.1) is 0 Å². The molecule has 96 valence electrons. The second kappa shape index (κ2) is 5.18. The average molecular weight is 247 g/mol. The van der Waals surface area contributed by atoms with Crippen LogP contribution in [0.1, 0.15) is 29.9 Å². The highest BCUT2D eigenvalue weighted by Gasteiger charge is 2.29. The van der Waals surface area contributed by atoms with Crippen LogP contribution in [-0.2, 0) is 6.42 Å². The predicted octanol–water partition coefficient (Wildman–Crippen LogP) is 2.66. The molecule has 4 nitrogen and oxygen atoms in total. The number of hydrogen-bond donors (Lipinski definition) is 0. The van der Waals surface area contributed by atoms with Crippen LogP contribution < -0.4 is 14.2 Å². The second-order valence-electron chi connectivity index (χ2n) is 4.31. The van der Waals surface area contributed by atoms with E-state index in [1.807, 2.05) is 6.07 Å². The summed E-state index contributed by atoms with van der Waals surface area (Å²) in [6.07, 6.45) is 2.44. The number of hydrogen-bond acceptors (Lipinski definition) is 4. The van der Waals surface area contributed by atoms with Crippen molar-refractivity contribution in [3.05, 3.63) is 17.2 Å². The zero-order chi connectivity index (χ0) is 13.1. The molecule has 0 fully saturated rings. The molecular formula is C14H17NO3. The van der Waals surface area contributed by atoms with Crippen LogP contribution in [0.4, 0.5) is 0 Å². The third-order valence-electron chi connectivity index (χ3n) is 3.49. The van der Waals surface area contributed by atoms with Gasteiger partial charge in [-0.05, 0) is 30.4 Å². The van der Waals surface area contributed by atoms with Crippen LogP contribution in [0.3, 0.4) is 0 Å². The summed E-state index contributed by atoms with van der Waals surface area (Å²) in [5, 5.41) is 8.87. The lowest BCUT2D eigenvalue weighted by Gasteiger charge is -2.17. The predicted molar refractivity (Wildman–Crippen MR) is 67.4 cm³/mol. The Balaban J connectivity index is 2.57. The van der Waals surface area contributed by atoms with Crippen LogP contribution in [0, 0.1) is 11.3 Å². The molecular weight excluding hydrogens is 230 g/mol. The molecule has 4 heteroatoms. The Morgan fingerprint density at radius 3 is 2.50 bits per heavy atom. The summed E-state index contributed by atoms with van der Waals surface area (Å²) >= 11 is 0. The van der Waals surface area contributed by atoms with Crippen molar-refractivity contribution >= 4 is 0 Å². The summed E-state index contributed by atoms with van der Waals surface area (Å²) in [7, 11) is 4.85. The number of fused-ring (bicyclic) bond motifs is 1. The molecule has 1 aliphatic carbocycles. The maximum atomic E-state index is 8.87. The molecule has 0 bridgehead atoms. The third kappa shape index (κ3) is 1.86. The van der Waals surface area contributed by atoms with E-state index in [4.69, 9.17) is 19.5 Å². The minimum atomic E-state index is 0.277. The third-order valence-corrected chi connectivity index (χ3v) is 3.49. The molecule has 0 unspecified atom stereocenters. The topological polar surface area (TPSA) is 51.5 Å². The number of benzene rings is 1. The molecule has 2 rings (SSSR count). The van der Waals surface area contributed by atoms with E-state index in [-0.39, 0.29) is 5.92 Å². The van der Waals surface area contributed by atoms with E-state index >= 15 is 0 Å². The van der Waals surface area contributed by atoms with Gasteiger partial charge in [-0.25, -0.2) is 0 Å². The SMILES string of the molecule is COc1cc2c(c(OC)c1OC)CC[C@@H]2CC#N. The number of rotatable bonds is 4. The Morgan fingerprint density at radius 1 is 1.22 bits per heavy atom. The first-order chi connectivity index (χ1) is 8.76. The molecule has 18 heavy (non-hydrogen) atoms. The van der Waals surface area contributed by atoms with Crippen molar-refractivity contribution in [2.24, 2.45) is 0 Å². The fourth-order valence-electron chi connectivity index (χ4n) is 2.65. The van der Waals surface area contributed by atoms with Crippen molar-refractivity contribution < 1.29 is 14.2 Å². The van der Waals surface area contributed by atoms with Gasteiger partial charge in [-0.3, -0.25) is 0 Å². The van der Waals surface area contributed by atoms with E-state index in [2.05, 4.69) is 6.07 Å². The van der Waals surface area contributed by atoms with E-state index in [1.165, 1.54) is 0 Å². The van der Waals surface area contributed by atoms with Crippen molar-refractivity contribution in [3.8, 4) is 23.3 Å². The van der Waals surface area contributed by atoms with E-state index in [0.29, 0.717) is 17.9 Å². The lowest BCUT2D eigenvalue weighted by Crippen LogP contribution is -2.00. The molecule has 0 aliphatic heterocycles. The Bertz CT molecular complexity index is 491. The summed E-state index contributed by atoms with van der Waals surface area (Å²) in [6.45, 7) is 0. The molecule has 0 spiro atoms. The zero-order valence-corrected chi connectivity index (χ0v) is 10.9. The van der Waals surface area contributed by atoms with Crippen LogP contribution in [0.5, 0.6) is 17.2 Å². The normalized spacial score (nSPS) is 16.9. The van der Waals surface area contributed by atoms with Gasteiger partial charge < -0.3 is 14.2 Å². The Hall–Kier alpha value is -1.89. The number of nitriles is 1. The smallest absolute Gasteiger partial charge is 0.203 e. The van der Waals surface area contributed by atoms with E-state index in [0.717, 1.165) is 29.7 Å². The highest BCUT2D eigenvalue weighted by Crippen LogP contribution is 2.49. The van der Waals surface area contributed by atoms with E-state index in [9.17, 15) is 0 Å². The van der Waals surface area contributed by atoms with Crippen LogP contribution in [0.25, 0.3) is 0 Å². The van der Waals surface area contributed by atoms with E-state index < -0.39 is 0 Å². The van der Waals surface area contributed by atoms with Crippen molar-refractivity contribution in [2.45, 2.75) is 25.2 Å². The van der Waals surface area contributed by atoms with Crippen molar-refractivity contribution in [1.29, 1.82) is 5.26 Å². The minimum absolute atomic E-state index is 0.277. The highest BCUT2D eigenvalue weighted by atomic mass is 16.5. The summed E-state index contributed by atoms with van der Waals surface area (Å²) in [5.41, 5.74) is 2.31. The van der Waals surface area contributed by atoms with Crippen LogP contribution in [0.15, 0.2) is 6.07 Å². The Morgan fingerprint density at radius 2 is 1.94 bits per heavy atom. The second-order valence-corrected chi connectivity index (χ2v) is 4.31. The largest absolute Gasteiger partial charge is 0.493 e. The number of ether oxygens (including phenoxy) is 3. The molecule has 0 radical (unpaired) electrons. The maximum absolute atomic E-state index is 8.87. The van der Waals surface area contributed by atoms with Gasteiger partial charge in [-0.2, -0.15) is 5.26 Å². The lowest BCUT2D eigenvalue weighted by molar-refractivity contribution is 0.322. The van der Waals surface area contributed by atoms with Gasteiger partial charge >= 0.3 is 0 Å².